The van der Waals surface area contributed by atoms with Crippen LogP contribution in [0.15, 0.2) is 52.0 Å². The summed E-state index contributed by atoms with van der Waals surface area (Å²) in [6.45, 7) is 2.47. The minimum atomic E-state index is -0.141. The van der Waals surface area contributed by atoms with E-state index in [1.54, 1.807) is 29.4 Å². The number of thioether (sulfide) groups is 1. The van der Waals surface area contributed by atoms with Crippen molar-refractivity contribution in [1.29, 1.82) is 0 Å². The third kappa shape index (κ3) is 4.87. The fourth-order valence-corrected chi connectivity index (χ4v) is 4.04. The number of anilines is 1. The fourth-order valence-electron chi connectivity index (χ4n) is 2.76. The molecule has 1 aliphatic rings. The van der Waals surface area contributed by atoms with E-state index in [2.05, 4.69) is 12.2 Å². The number of para-hydroxylation sites is 1. The first kappa shape index (κ1) is 19.4. The number of hydrogen-bond acceptors (Lipinski definition) is 5. The van der Waals surface area contributed by atoms with Crippen LogP contribution < -0.4 is 5.32 Å². The number of thiocarbonyl (C=S) groups is 1. The standard InChI is InChI=1S/C20H20N2O3S2/c1-2-14-7-3-4-9-16(14)21-18(23)10-5-11-22-19(24)17(27-20(22)26)13-15-8-6-12-25-15/h3-4,6-9,12-13H,2,5,10-11H2,1H3,(H,21,23)/b17-13-. The van der Waals surface area contributed by atoms with E-state index in [-0.39, 0.29) is 11.8 Å². The molecule has 3 rings (SSSR count). The number of rotatable bonds is 7. The van der Waals surface area contributed by atoms with Crippen LogP contribution in [-0.2, 0) is 16.0 Å². The number of carbonyl (C=O) groups excluding carboxylic acids is 2. The van der Waals surface area contributed by atoms with Crippen LogP contribution in [0.25, 0.3) is 6.08 Å². The second-order valence-corrected chi connectivity index (χ2v) is 7.69. The number of nitrogens with one attached hydrogen (secondary N) is 1. The highest BCUT2D eigenvalue weighted by atomic mass is 32.2. The first-order valence-corrected chi connectivity index (χ1v) is 9.97. The van der Waals surface area contributed by atoms with Crippen molar-refractivity contribution in [2.75, 3.05) is 11.9 Å². The molecule has 0 atom stereocenters. The third-order valence-electron chi connectivity index (χ3n) is 4.15. The van der Waals surface area contributed by atoms with Gasteiger partial charge in [-0.05, 0) is 36.6 Å². The van der Waals surface area contributed by atoms with Crippen LogP contribution in [0.5, 0.6) is 0 Å². The lowest BCUT2D eigenvalue weighted by atomic mass is 10.1. The summed E-state index contributed by atoms with van der Waals surface area (Å²) in [5, 5.41) is 2.94. The molecule has 1 saturated heterocycles. The van der Waals surface area contributed by atoms with Crippen molar-refractivity contribution in [3.8, 4) is 0 Å². The molecule has 0 spiro atoms. The Balaban J connectivity index is 1.52. The molecule has 7 heteroatoms. The van der Waals surface area contributed by atoms with Crippen molar-refractivity contribution in [2.45, 2.75) is 26.2 Å². The Morgan fingerprint density at radius 1 is 1.30 bits per heavy atom. The van der Waals surface area contributed by atoms with Gasteiger partial charge < -0.3 is 9.73 Å². The maximum Gasteiger partial charge on any atom is 0.266 e. The summed E-state index contributed by atoms with van der Waals surface area (Å²) < 4.78 is 5.75. The predicted molar refractivity (Wildman–Crippen MR) is 112 cm³/mol. The van der Waals surface area contributed by atoms with E-state index in [1.165, 1.54) is 11.8 Å². The number of amides is 2. The number of furan rings is 1. The smallest absolute Gasteiger partial charge is 0.266 e. The van der Waals surface area contributed by atoms with Gasteiger partial charge in [0.2, 0.25) is 5.91 Å². The third-order valence-corrected chi connectivity index (χ3v) is 5.53. The fraction of sp³-hybridized carbons (Fsp3) is 0.250. The van der Waals surface area contributed by atoms with E-state index < -0.39 is 0 Å². The summed E-state index contributed by atoms with van der Waals surface area (Å²) >= 11 is 6.56. The molecule has 5 nitrogen and oxygen atoms in total. The molecule has 27 heavy (non-hydrogen) atoms. The minimum Gasteiger partial charge on any atom is -0.465 e. The minimum absolute atomic E-state index is 0.0625. The van der Waals surface area contributed by atoms with Gasteiger partial charge >= 0.3 is 0 Å². The van der Waals surface area contributed by atoms with Crippen molar-refractivity contribution in [2.24, 2.45) is 0 Å². The Hall–Kier alpha value is -2.38. The largest absolute Gasteiger partial charge is 0.465 e. The van der Waals surface area contributed by atoms with Gasteiger partial charge in [0.05, 0.1) is 11.2 Å². The summed E-state index contributed by atoms with van der Waals surface area (Å²) in [4.78, 5) is 26.8. The van der Waals surface area contributed by atoms with Crippen molar-refractivity contribution in [3.05, 3.63) is 58.9 Å². The Kier molecular flexibility index (Phi) is 6.47. The number of hydrogen-bond donors (Lipinski definition) is 1. The molecule has 0 unspecified atom stereocenters. The zero-order chi connectivity index (χ0) is 19.2. The summed E-state index contributed by atoms with van der Waals surface area (Å²) in [6, 6.07) is 11.3. The van der Waals surface area contributed by atoms with Crippen molar-refractivity contribution < 1.29 is 14.0 Å². The Bertz CT molecular complexity index is 875. The molecule has 1 aromatic heterocycles. The predicted octanol–water partition coefficient (Wildman–Crippen LogP) is 4.46. The van der Waals surface area contributed by atoms with E-state index in [0.29, 0.717) is 34.4 Å². The van der Waals surface area contributed by atoms with Gasteiger partial charge in [-0.1, -0.05) is 49.1 Å². The number of benzene rings is 1. The lowest BCUT2D eigenvalue weighted by Gasteiger charge is -2.14. The molecule has 0 saturated carbocycles. The highest BCUT2D eigenvalue weighted by Crippen LogP contribution is 2.32. The monoisotopic (exact) mass is 400 g/mol. The first-order valence-electron chi connectivity index (χ1n) is 8.75. The summed E-state index contributed by atoms with van der Waals surface area (Å²) in [5.41, 5.74) is 1.95. The van der Waals surface area contributed by atoms with Crippen molar-refractivity contribution in [3.63, 3.8) is 0 Å². The van der Waals surface area contributed by atoms with Gasteiger partial charge in [-0.15, -0.1) is 0 Å². The van der Waals surface area contributed by atoms with Crippen LogP contribution in [0.3, 0.4) is 0 Å². The molecule has 1 aromatic carbocycles. The SMILES string of the molecule is CCc1ccccc1NC(=O)CCCN1C(=O)/C(=C/c2ccco2)SC1=S. The molecule has 2 aromatic rings. The molecule has 1 fully saturated rings. The van der Waals surface area contributed by atoms with Crippen LogP contribution >= 0.6 is 24.0 Å². The van der Waals surface area contributed by atoms with E-state index >= 15 is 0 Å². The van der Waals surface area contributed by atoms with Crippen LogP contribution in [0.1, 0.15) is 31.1 Å². The first-order chi connectivity index (χ1) is 13.1. The Morgan fingerprint density at radius 2 is 2.11 bits per heavy atom. The van der Waals surface area contributed by atoms with E-state index in [1.807, 2.05) is 24.3 Å². The van der Waals surface area contributed by atoms with Crippen molar-refractivity contribution >= 4 is 51.9 Å². The quantitative estimate of drug-likeness (QED) is 0.549. The highest BCUT2D eigenvalue weighted by Gasteiger charge is 2.31. The topological polar surface area (TPSA) is 62.6 Å². The average molecular weight is 401 g/mol. The van der Waals surface area contributed by atoms with Gasteiger partial charge in [-0.3, -0.25) is 14.5 Å². The van der Waals surface area contributed by atoms with E-state index in [9.17, 15) is 9.59 Å². The average Bonchev–Trinajstić information content (AvgIpc) is 3.26. The van der Waals surface area contributed by atoms with Crippen LogP contribution in [-0.4, -0.2) is 27.6 Å². The number of aryl methyl sites for hydroxylation is 1. The van der Waals surface area contributed by atoms with E-state index in [4.69, 9.17) is 16.6 Å². The molecule has 1 N–H and O–H groups in total. The van der Waals surface area contributed by atoms with Crippen LogP contribution in [0.2, 0.25) is 0 Å². The lowest BCUT2D eigenvalue weighted by Crippen LogP contribution is -2.29. The molecule has 0 aliphatic carbocycles. The normalized spacial score (nSPS) is 15.6. The van der Waals surface area contributed by atoms with E-state index in [0.717, 1.165) is 17.7 Å². The van der Waals surface area contributed by atoms with Crippen LogP contribution in [0, 0.1) is 0 Å². The van der Waals surface area contributed by atoms with Gasteiger partial charge in [0, 0.05) is 24.7 Å². The summed E-state index contributed by atoms with van der Waals surface area (Å²) in [7, 11) is 0. The second-order valence-electron chi connectivity index (χ2n) is 6.01. The second kappa shape index (κ2) is 9.01. The molecular formula is C20H20N2O3S2. The maximum absolute atomic E-state index is 12.5. The summed E-state index contributed by atoms with van der Waals surface area (Å²) in [5.74, 6) is 0.412. The van der Waals surface area contributed by atoms with Gasteiger partial charge in [0.15, 0.2) is 0 Å². The van der Waals surface area contributed by atoms with Crippen molar-refractivity contribution in [1.82, 2.24) is 4.90 Å². The molecule has 1 aliphatic heterocycles. The Labute approximate surface area is 167 Å². The van der Waals surface area contributed by atoms with Gasteiger partial charge in [-0.25, -0.2) is 0 Å². The van der Waals surface area contributed by atoms with Crippen LogP contribution in [0.4, 0.5) is 5.69 Å². The van der Waals surface area contributed by atoms with Gasteiger partial charge in [0.25, 0.3) is 5.91 Å². The maximum atomic E-state index is 12.5. The zero-order valence-electron chi connectivity index (χ0n) is 14.9. The molecule has 140 valence electrons. The molecule has 0 radical (unpaired) electrons. The molecule has 0 bridgehead atoms. The van der Waals surface area contributed by atoms with Gasteiger partial charge in [-0.2, -0.15) is 0 Å². The summed E-state index contributed by atoms with van der Waals surface area (Å²) in [6.07, 6.45) is 4.97. The molecular weight excluding hydrogens is 380 g/mol. The number of carbonyl (C=O) groups is 2. The molecule has 2 heterocycles. The highest BCUT2D eigenvalue weighted by molar-refractivity contribution is 8.26. The van der Waals surface area contributed by atoms with Gasteiger partial charge in [0.1, 0.15) is 10.1 Å². The Morgan fingerprint density at radius 3 is 2.85 bits per heavy atom. The zero-order valence-corrected chi connectivity index (χ0v) is 16.6. The molecule has 2 amide bonds. The number of nitrogens with zero attached hydrogens (tertiary/aromatic N) is 1. The lowest BCUT2D eigenvalue weighted by molar-refractivity contribution is -0.122.